The molecule has 0 aromatic heterocycles. The van der Waals surface area contributed by atoms with Gasteiger partial charge < -0.3 is 5.73 Å². The van der Waals surface area contributed by atoms with Crippen molar-refractivity contribution in [3.8, 4) is 0 Å². The van der Waals surface area contributed by atoms with E-state index in [4.69, 9.17) is 5.73 Å². The molecule has 1 fully saturated rings. The summed E-state index contributed by atoms with van der Waals surface area (Å²) in [5.74, 6) is 1.62. The molecule has 110 valence electrons. The SMILES string of the molecule is CCC(CCN)CCC(=O)c1ccc(C2CCC2)cc1. The molecular formula is C18H27NO. The first-order valence-electron chi connectivity index (χ1n) is 8.07. The Bertz CT molecular complexity index is 420. The van der Waals surface area contributed by atoms with Crippen LogP contribution in [0.4, 0.5) is 0 Å². The van der Waals surface area contributed by atoms with Crippen LogP contribution in [0.3, 0.4) is 0 Å². The second-order valence-corrected chi connectivity index (χ2v) is 6.06. The standard InChI is InChI=1S/C18H27NO/c1-2-14(12-13-19)6-11-18(20)17-9-7-16(8-10-17)15-4-3-5-15/h7-10,14-15H,2-6,11-13,19H2,1H3. The summed E-state index contributed by atoms with van der Waals surface area (Å²) in [6.07, 6.45) is 7.74. The van der Waals surface area contributed by atoms with E-state index in [2.05, 4.69) is 19.1 Å². The third-order valence-electron chi connectivity index (χ3n) is 4.74. The van der Waals surface area contributed by atoms with Crippen molar-refractivity contribution >= 4 is 5.78 Å². The minimum atomic E-state index is 0.278. The van der Waals surface area contributed by atoms with Crippen molar-refractivity contribution in [1.82, 2.24) is 0 Å². The maximum absolute atomic E-state index is 12.2. The van der Waals surface area contributed by atoms with E-state index in [1.807, 2.05) is 12.1 Å². The average Bonchev–Trinajstić information content (AvgIpc) is 2.42. The fourth-order valence-corrected chi connectivity index (χ4v) is 2.95. The Morgan fingerprint density at radius 2 is 1.95 bits per heavy atom. The number of hydrogen-bond donors (Lipinski definition) is 1. The molecule has 1 aliphatic carbocycles. The van der Waals surface area contributed by atoms with Crippen LogP contribution in [0.15, 0.2) is 24.3 Å². The summed E-state index contributed by atoms with van der Waals surface area (Å²) in [6.45, 7) is 2.90. The van der Waals surface area contributed by atoms with Crippen LogP contribution < -0.4 is 5.73 Å². The fourth-order valence-electron chi connectivity index (χ4n) is 2.95. The van der Waals surface area contributed by atoms with Gasteiger partial charge in [-0.25, -0.2) is 0 Å². The highest BCUT2D eigenvalue weighted by Crippen LogP contribution is 2.36. The van der Waals surface area contributed by atoms with Crippen LogP contribution in [0.5, 0.6) is 0 Å². The van der Waals surface area contributed by atoms with Crippen LogP contribution in [0, 0.1) is 5.92 Å². The Labute approximate surface area is 122 Å². The van der Waals surface area contributed by atoms with Crippen molar-refractivity contribution < 1.29 is 4.79 Å². The normalized spacial score (nSPS) is 16.7. The number of carbonyl (C=O) groups is 1. The number of Topliss-reactive ketones (excluding diaryl/α,β-unsaturated/α-hetero) is 1. The van der Waals surface area contributed by atoms with Gasteiger partial charge in [0.1, 0.15) is 0 Å². The zero-order valence-corrected chi connectivity index (χ0v) is 12.6. The number of ketones is 1. The van der Waals surface area contributed by atoms with Crippen molar-refractivity contribution in [2.24, 2.45) is 11.7 Å². The third kappa shape index (κ3) is 3.92. The molecule has 1 saturated carbocycles. The number of carbonyl (C=O) groups excluding carboxylic acids is 1. The molecule has 0 spiro atoms. The van der Waals surface area contributed by atoms with Crippen LogP contribution >= 0.6 is 0 Å². The zero-order valence-electron chi connectivity index (χ0n) is 12.6. The van der Waals surface area contributed by atoms with Gasteiger partial charge in [0, 0.05) is 12.0 Å². The van der Waals surface area contributed by atoms with E-state index in [0.717, 1.165) is 37.3 Å². The molecule has 0 radical (unpaired) electrons. The molecule has 2 N–H and O–H groups in total. The van der Waals surface area contributed by atoms with E-state index >= 15 is 0 Å². The Morgan fingerprint density at radius 3 is 2.45 bits per heavy atom. The summed E-state index contributed by atoms with van der Waals surface area (Å²) < 4.78 is 0. The van der Waals surface area contributed by atoms with Gasteiger partial charge in [0.2, 0.25) is 0 Å². The molecule has 1 aliphatic rings. The van der Waals surface area contributed by atoms with Gasteiger partial charge >= 0.3 is 0 Å². The molecule has 0 saturated heterocycles. The van der Waals surface area contributed by atoms with Crippen LogP contribution in [0.1, 0.15) is 73.7 Å². The lowest BCUT2D eigenvalue weighted by Crippen LogP contribution is -2.11. The zero-order chi connectivity index (χ0) is 14.4. The minimum absolute atomic E-state index is 0.278. The van der Waals surface area contributed by atoms with Gasteiger partial charge in [0.05, 0.1) is 0 Å². The molecule has 2 rings (SSSR count). The molecule has 0 amide bonds. The molecule has 0 bridgehead atoms. The predicted molar refractivity (Wildman–Crippen MR) is 84.1 cm³/mol. The maximum atomic E-state index is 12.2. The van der Waals surface area contributed by atoms with Gasteiger partial charge in [-0.05, 0) is 49.6 Å². The summed E-state index contributed by atoms with van der Waals surface area (Å²) >= 11 is 0. The Hall–Kier alpha value is -1.15. The Kier molecular flexibility index (Phi) is 5.78. The van der Waals surface area contributed by atoms with Gasteiger partial charge in [0.15, 0.2) is 5.78 Å². The summed E-state index contributed by atoms with van der Waals surface area (Å²) in [4.78, 5) is 12.2. The molecule has 1 unspecified atom stereocenters. The molecule has 0 aliphatic heterocycles. The van der Waals surface area contributed by atoms with E-state index in [-0.39, 0.29) is 5.78 Å². The summed E-state index contributed by atoms with van der Waals surface area (Å²) in [5.41, 5.74) is 7.88. The van der Waals surface area contributed by atoms with E-state index in [9.17, 15) is 4.79 Å². The van der Waals surface area contributed by atoms with E-state index in [1.165, 1.54) is 24.8 Å². The van der Waals surface area contributed by atoms with Gasteiger partial charge in [-0.15, -0.1) is 0 Å². The molecule has 2 heteroatoms. The number of benzene rings is 1. The molecule has 1 atom stereocenters. The van der Waals surface area contributed by atoms with Crippen molar-refractivity contribution in [2.75, 3.05) is 6.54 Å². The first-order valence-corrected chi connectivity index (χ1v) is 8.07. The van der Waals surface area contributed by atoms with E-state index in [0.29, 0.717) is 12.3 Å². The molecule has 20 heavy (non-hydrogen) atoms. The minimum Gasteiger partial charge on any atom is -0.330 e. The predicted octanol–water partition coefficient (Wildman–Crippen LogP) is 4.29. The van der Waals surface area contributed by atoms with Crippen LogP contribution in [-0.4, -0.2) is 12.3 Å². The van der Waals surface area contributed by atoms with Crippen molar-refractivity contribution in [3.63, 3.8) is 0 Å². The average molecular weight is 273 g/mol. The van der Waals surface area contributed by atoms with Crippen molar-refractivity contribution in [3.05, 3.63) is 35.4 Å². The monoisotopic (exact) mass is 273 g/mol. The molecule has 0 heterocycles. The topological polar surface area (TPSA) is 43.1 Å². The molecular weight excluding hydrogens is 246 g/mol. The van der Waals surface area contributed by atoms with E-state index in [1.54, 1.807) is 0 Å². The number of nitrogens with two attached hydrogens (primary N) is 1. The summed E-state index contributed by atoms with van der Waals surface area (Å²) in [6, 6.07) is 8.32. The van der Waals surface area contributed by atoms with Gasteiger partial charge in [-0.2, -0.15) is 0 Å². The van der Waals surface area contributed by atoms with Crippen LogP contribution in [0.2, 0.25) is 0 Å². The van der Waals surface area contributed by atoms with Gasteiger partial charge in [0.25, 0.3) is 0 Å². The molecule has 1 aromatic carbocycles. The Morgan fingerprint density at radius 1 is 1.25 bits per heavy atom. The quantitative estimate of drug-likeness (QED) is 0.718. The maximum Gasteiger partial charge on any atom is 0.162 e. The smallest absolute Gasteiger partial charge is 0.162 e. The fraction of sp³-hybridized carbons (Fsp3) is 0.611. The molecule has 2 nitrogen and oxygen atoms in total. The Balaban J connectivity index is 1.85. The van der Waals surface area contributed by atoms with Crippen LogP contribution in [-0.2, 0) is 0 Å². The van der Waals surface area contributed by atoms with Crippen LogP contribution in [0.25, 0.3) is 0 Å². The lowest BCUT2D eigenvalue weighted by atomic mass is 9.80. The summed E-state index contributed by atoms with van der Waals surface area (Å²) in [5, 5.41) is 0. The number of hydrogen-bond acceptors (Lipinski definition) is 2. The highest BCUT2D eigenvalue weighted by molar-refractivity contribution is 5.96. The number of rotatable bonds is 8. The lowest BCUT2D eigenvalue weighted by Gasteiger charge is -2.25. The van der Waals surface area contributed by atoms with Gasteiger partial charge in [-0.3, -0.25) is 4.79 Å². The van der Waals surface area contributed by atoms with E-state index < -0.39 is 0 Å². The van der Waals surface area contributed by atoms with Crippen molar-refractivity contribution in [1.29, 1.82) is 0 Å². The highest BCUT2D eigenvalue weighted by atomic mass is 16.1. The second kappa shape index (κ2) is 7.58. The molecule has 1 aromatic rings. The summed E-state index contributed by atoms with van der Waals surface area (Å²) in [7, 11) is 0. The second-order valence-electron chi connectivity index (χ2n) is 6.06. The van der Waals surface area contributed by atoms with Crippen molar-refractivity contribution in [2.45, 2.75) is 57.8 Å². The first-order chi connectivity index (χ1) is 9.74. The third-order valence-corrected chi connectivity index (χ3v) is 4.74. The highest BCUT2D eigenvalue weighted by Gasteiger charge is 2.19. The first kappa shape index (κ1) is 15.2. The largest absolute Gasteiger partial charge is 0.330 e. The lowest BCUT2D eigenvalue weighted by molar-refractivity contribution is 0.0972. The van der Waals surface area contributed by atoms with Gasteiger partial charge in [-0.1, -0.05) is 44.0 Å².